The maximum atomic E-state index is 8.93. The molecule has 1 heterocycles. The van der Waals surface area contributed by atoms with Crippen LogP contribution in [-0.2, 0) is 0 Å². The second-order valence-electron chi connectivity index (χ2n) is 5.73. The van der Waals surface area contributed by atoms with Crippen molar-refractivity contribution in [3.8, 4) is 0 Å². The van der Waals surface area contributed by atoms with Crippen LogP contribution in [0.15, 0.2) is 29.4 Å². The molecule has 0 amide bonds. The smallest absolute Gasteiger partial charge is 0.0558 e. The molecule has 0 unspecified atom stereocenters. The van der Waals surface area contributed by atoms with Gasteiger partial charge in [-0.25, -0.2) is 0 Å². The number of hydrogen-bond donors (Lipinski definition) is 1. The highest BCUT2D eigenvalue weighted by atomic mass is 16.3. The lowest BCUT2D eigenvalue weighted by Gasteiger charge is -2.34. The molecule has 0 aromatic rings. The summed E-state index contributed by atoms with van der Waals surface area (Å²) in [6.07, 6.45) is 3.80. The largest absolute Gasteiger partial charge is 0.395 e. The van der Waals surface area contributed by atoms with Gasteiger partial charge in [-0.05, 0) is 24.5 Å². The van der Waals surface area contributed by atoms with Crippen LogP contribution in [0.2, 0.25) is 0 Å². The second-order valence-corrected chi connectivity index (χ2v) is 5.73. The zero-order valence-electron chi connectivity index (χ0n) is 13.2. The van der Waals surface area contributed by atoms with Crippen LogP contribution < -0.4 is 0 Å². The van der Waals surface area contributed by atoms with Crippen molar-refractivity contribution in [3.63, 3.8) is 0 Å². The fraction of sp³-hybridized carbons (Fsp3) is 0.688. The van der Waals surface area contributed by atoms with Gasteiger partial charge >= 0.3 is 0 Å². The molecule has 1 fully saturated rings. The van der Waals surface area contributed by atoms with E-state index in [9.17, 15) is 0 Å². The summed E-state index contributed by atoms with van der Waals surface area (Å²) < 4.78 is 0. The topological polar surface area (TPSA) is 39.1 Å². The van der Waals surface area contributed by atoms with Crippen LogP contribution in [0.3, 0.4) is 0 Å². The fourth-order valence-corrected chi connectivity index (χ4v) is 2.33. The van der Waals surface area contributed by atoms with Crippen LogP contribution in [0.25, 0.3) is 0 Å². The van der Waals surface area contributed by atoms with E-state index < -0.39 is 0 Å². The Kier molecular flexibility index (Phi) is 7.73. The highest BCUT2D eigenvalue weighted by Gasteiger charge is 2.15. The molecule has 4 heteroatoms. The summed E-state index contributed by atoms with van der Waals surface area (Å²) in [6, 6.07) is 0. The molecule has 0 aliphatic carbocycles. The van der Waals surface area contributed by atoms with E-state index in [4.69, 9.17) is 5.11 Å². The molecular weight excluding hydrogens is 250 g/mol. The molecule has 0 bridgehead atoms. The van der Waals surface area contributed by atoms with E-state index >= 15 is 0 Å². The number of nitrogens with zero attached hydrogens (tertiary/aromatic N) is 3. The number of piperazine rings is 1. The van der Waals surface area contributed by atoms with E-state index in [1.54, 1.807) is 0 Å². The maximum Gasteiger partial charge on any atom is 0.0558 e. The number of aliphatic hydroxyl groups excluding tert-OH is 1. The van der Waals surface area contributed by atoms with Crippen molar-refractivity contribution in [2.45, 2.75) is 20.8 Å². The van der Waals surface area contributed by atoms with Crippen molar-refractivity contribution in [2.24, 2.45) is 10.9 Å². The molecular formula is C16H29N3O. The van der Waals surface area contributed by atoms with Crippen molar-refractivity contribution in [1.29, 1.82) is 0 Å². The van der Waals surface area contributed by atoms with Crippen molar-refractivity contribution >= 4 is 5.71 Å². The Balaban J connectivity index is 2.43. The van der Waals surface area contributed by atoms with Crippen LogP contribution in [0, 0.1) is 5.92 Å². The third-order valence-corrected chi connectivity index (χ3v) is 3.59. The predicted octanol–water partition coefficient (Wildman–Crippen LogP) is 1.78. The quantitative estimate of drug-likeness (QED) is 0.722. The highest BCUT2D eigenvalue weighted by molar-refractivity contribution is 5.96. The Bertz CT molecular complexity index is 353. The number of β-amino-alcohol motifs (C(OH)–C–C–N with tert-alkyl or cyclic N) is 1. The minimum atomic E-state index is 0.257. The molecule has 0 radical (unpaired) electrons. The van der Waals surface area contributed by atoms with Crippen LogP contribution in [0.1, 0.15) is 20.8 Å². The summed E-state index contributed by atoms with van der Waals surface area (Å²) in [5.74, 6) is 0.415. The molecule has 0 aromatic carbocycles. The van der Waals surface area contributed by atoms with Gasteiger partial charge in [-0.3, -0.25) is 14.8 Å². The summed E-state index contributed by atoms with van der Waals surface area (Å²) >= 11 is 0. The average Bonchev–Trinajstić information content (AvgIpc) is 2.41. The second kappa shape index (κ2) is 9.06. The third-order valence-electron chi connectivity index (χ3n) is 3.59. The lowest BCUT2D eigenvalue weighted by molar-refractivity contribution is 0.118. The molecule has 0 spiro atoms. The molecule has 1 saturated heterocycles. The van der Waals surface area contributed by atoms with Crippen LogP contribution >= 0.6 is 0 Å². The number of rotatable bonds is 7. The Hall–Kier alpha value is -0.970. The molecule has 1 rings (SSSR count). The zero-order valence-corrected chi connectivity index (χ0v) is 13.2. The van der Waals surface area contributed by atoms with Crippen LogP contribution in [0.5, 0.6) is 0 Å². The van der Waals surface area contributed by atoms with Crippen LogP contribution in [-0.4, -0.2) is 66.5 Å². The normalized spacial score (nSPS) is 19.6. The first-order chi connectivity index (χ1) is 9.56. The molecule has 114 valence electrons. The van der Waals surface area contributed by atoms with E-state index in [-0.39, 0.29) is 6.61 Å². The molecule has 1 aliphatic rings. The standard InChI is InChI=1S/C16H29N3O/c1-5-16(14(2)3)17-12-15(4)13-19-8-6-18(7-9-19)10-11-20/h5,12,14,20H,1,6-11,13H2,2-4H3/b15-12+,17-16?. The van der Waals surface area contributed by atoms with Gasteiger partial charge in [0.1, 0.15) is 0 Å². The minimum Gasteiger partial charge on any atom is -0.395 e. The van der Waals surface area contributed by atoms with E-state index in [2.05, 4.69) is 42.1 Å². The molecule has 1 N–H and O–H groups in total. The van der Waals surface area contributed by atoms with E-state index in [1.807, 2.05) is 12.3 Å². The fourth-order valence-electron chi connectivity index (χ4n) is 2.33. The predicted molar refractivity (Wildman–Crippen MR) is 86.2 cm³/mol. The van der Waals surface area contributed by atoms with E-state index in [1.165, 1.54) is 5.57 Å². The Morgan fingerprint density at radius 1 is 1.25 bits per heavy atom. The lowest BCUT2D eigenvalue weighted by Crippen LogP contribution is -2.47. The molecule has 1 aliphatic heterocycles. The highest BCUT2D eigenvalue weighted by Crippen LogP contribution is 2.06. The van der Waals surface area contributed by atoms with Gasteiger partial charge in [0.25, 0.3) is 0 Å². The zero-order chi connectivity index (χ0) is 15.0. The Morgan fingerprint density at radius 2 is 1.85 bits per heavy atom. The minimum absolute atomic E-state index is 0.257. The van der Waals surface area contributed by atoms with Gasteiger partial charge in [0.05, 0.1) is 6.61 Å². The summed E-state index contributed by atoms with van der Waals surface area (Å²) in [6.45, 7) is 16.4. The van der Waals surface area contributed by atoms with Gasteiger partial charge in [-0.1, -0.05) is 20.4 Å². The molecule has 0 atom stereocenters. The maximum absolute atomic E-state index is 8.93. The summed E-state index contributed by atoms with van der Waals surface area (Å²) in [5.41, 5.74) is 2.32. The first-order valence-corrected chi connectivity index (χ1v) is 7.48. The Morgan fingerprint density at radius 3 is 2.35 bits per heavy atom. The van der Waals surface area contributed by atoms with Gasteiger partial charge in [-0.2, -0.15) is 0 Å². The monoisotopic (exact) mass is 279 g/mol. The summed E-state index contributed by atoms with van der Waals surface area (Å²) in [4.78, 5) is 9.27. The number of aliphatic hydroxyl groups is 1. The summed E-state index contributed by atoms with van der Waals surface area (Å²) in [7, 11) is 0. The van der Waals surface area contributed by atoms with Crippen molar-refractivity contribution in [2.75, 3.05) is 45.9 Å². The Labute approximate surface area is 123 Å². The first kappa shape index (κ1) is 17.1. The molecule has 20 heavy (non-hydrogen) atoms. The number of aliphatic imine (C=N–C) groups is 1. The van der Waals surface area contributed by atoms with Gasteiger partial charge in [0, 0.05) is 51.2 Å². The number of hydrogen-bond acceptors (Lipinski definition) is 4. The third kappa shape index (κ3) is 5.99. The SMILES string of the molecule is C=CC(=N/C=C(\C)CN1CCN(CCO)CC1)C(C)C. The molecule has 0 saturated carbocycles. The first-order valence-electron chi connectivity index (χ1n) is 7.48. The van der Waals surface area contributed by atoms with Gasteiger partial charge < -0.3 is 5.11 Å². The molecule has 4 nitrogen and oxygen atoms in total. The van der Waals surface area contributed by atoms with Gasteiger partial charge in [0.2, 0.25) is 0 Å². The molecule has 0 aromatic heterocycles. The van der Waals surface area contributed by atoms with Crippen LogP contribution in [0.4, 0.5) is 0 Å². The van der Waals surface area contributed by atoms with E-state index in [0.29, 0.717) is 5.92 Å². The van der Waals surface area contributed by atoms with Gasteiger partial charge in [-0.15, -0.1) is 0 Å². The van der Waals surface area contributed by atoms with Gasteiger partial charge in [0.15, 0.2) is 0 Å². The number of allylic oxidation sites excluding steroid dienone is 1. The van der Waals surface area contributed by atoms with Crippen molar-refractivity contribution in [3.05, 3.63) is 24.4 Å². The van der Waals surface area contributed by atoms with Crippen molar-refractivity contribution < 1.29 is 5.11 Å². The van der Waals surface area contributed by atoms with E-state index in [0.717, 1.165) is 45.0 Å². The summed E-state index contributed by atoms with van der Waals surface area (Å²) in [5, 5.41) is 8.93. The van der Waals surface area contributed by atoms with Crippen molar-refractivity contribution in [1.82, 2.24) is 9.80 Å². The average molecular weight is 279 g/mol. The lowest BCUT2D eigenvalue weighted by atomic mass is 10.1.